The standard InChI is InChI=1S/C48H91NO10/c1-3-5-7-9-11-13-15-17-18-19-20-21-22-23-24-26-28-30-32-34-36-38-44(52)49-41(40-56-48-46(54)47(58-59-55)45(53)43(39-50)57-48)42(51)37-35-33-31-29-27-25-16-14-12-10-8-6-4-2/h17-18,35,37,41-43,45-48,50-51,53-55H,3-16,19-34,36,38-40H2,1-2H3,(H,49,52)/b18-17-,37-35+/t41-,42+,43?,45?,46?,47?,48?/m0/s1. The van der Waals surface area contributed by atoms with Gasteiger partial charge in [-0.05, 0) is 44.9 Å². The summed E-state index contributed by atoms with van der Waals surface area (Å²) in [7, 11) is 0. The van der Waals surface area contributed by atoms with E-state index in [0.29, 0.717) is 6.42 Å². The lowest BCUT2D eigenvalue weighted by molar-refractivity contribution is -0.526. The number of aliphatic hydroxyl groups is 4. The van der Waals surface area contributed by atoms with Crippen LogP contribution in [0, 0.1) is 0 Å². The van der Waals surface area contributed by atoms with Gasteiger partial charge in [-0.25, -0.2) is 5.26 Å². The molecule has 11 heteroatoms. The van der Waals surface area contributed by atoms with Crippen LogP contribution in [0.3, 0.4) is 0 Å². The number of unbranched alkanes of at least 4 members (excludes halogenated alkanes) is 28. The molecule has 0 saturated carbocycles. The van der Waals surface area contributed by atoms with Gasteiger partial charge >= 0.3 is 0 Å². The maximum Gasteiger partial charge on any atom is 0.220 e. The van der Waals surface area contributed by atoms with Crippen molar-refractivity contribution in [2.75, 3.05) is 13.2 Å². The van der Waals surface area contributed by atoms with Gasteiger partial charge in [0.1, 0.15) is 18.3 Å². The van der Waals surface area contributed by atoms with Crippen LogP contribution in [0.4, 0.5) is 0 Å². The molecule has 1 rings (SSSR count). The number of carbonyl (C=O) groups excluding carboxylic acids is 1. The van der Waals surface area contributed by atoms with Crippen LogP contribution in [0.2, 0.25) is 0 Å². The minimum absolute atomic E-state index is 0.201. The minimum Gasteiger partial charge on any atom is -0.394 e. The highest BCUT2D eigenvalue weighted by Crippen LogP contribution is 2.25. The molecule has 1 heterocycles. The molecule has 1 amide bonds. The maximum absolute atomic E-state index is 13.0. The van der Waals surface area contributed by atoms with E-state index in [1.165, 1.54) is 161 Å². The Morgan fingerprint density at radius 3 is 1.49 bits per heavy atom. The third kappa shape index (κ3) is 30.3. The van der Waals surface area contributed by atoms with Gasteiger partial charge in [-0.2, -0.15) is 4.89 Å². The largest absolute Gasteiger partial charge is 0.394 e. The Morgan fingerprint density at radius 2 is 1.05 bits per heavy atom. The third-order valence-corrected chi connectivity index (χ3v) is 11.6. The molecule has 7 atom stereocenters. The molecule has 1 aliphatic heterocycles. The van der Waals surface area contributed by atoms with Crippen molar-refractivity contribution >= 4 is 5.91 Å². The monoisotopic (exact) mass is 842 g/mol. The molecule has 0 aromatic rings. The summed E-state index contributed by atoms with van der Waals surface area (Å²) in [4.78, 5) is 17.6. The van der Waals surface area contributed by atoms with E-state index >= 15 is 0 Å². The number of amides is 1. The fourth-order valence-corrected chi connectivity index (χ4v) is 7.77. The summed E-state index contributed by atoms with van der Waals surface area (Å²) in [6.45, 7) is 3.67. The predicted molar refractivity (Wildman–Crippen MR) is 238 cm³/mol. The summed E-state index contributed by atoms with van der Waals surface area (Å²) >= 11 is 0. The van der Waals surface area contributed by atoms with Crippen LogP contribution in [0.25, 0.3) is 0 Å². The summed E-state index contributed by atoms with van der Waals surface area (Å²) in [5.74, 6) is -0.201. The number of hydrogen-bond acceptors (Lipinski definition) is 10. The van der Waals surface area contributed by atoms with E-state index in [0.717, 1.165) is 38.5 Å². The second-order valence-electron chi connectivity index (χ2n) is 17.0. The lowest BCUT2D eigenvalue weighted by Gasteiger charge is -2.40. The summed E-state index contributed by atoms with van der Waals surface area (Å²) in [5, 5.41) is 57.1. The van der Waals surface area contributed by atoms with Gasteiger partial charge in [-0.1, -0.05) is 197 Å². The summed E-state index contributed by atoms with van der Waals surface area (Å²) in [6.07, 6.45) is 38.8. The first-order valence-corrected chi connectivity index (χ1v) is 24.4. The molecule has 0 spiro atoms. The zero-order chi connectivity index (χ0) is 43.0. The Kier molecular flexibility index (Phi) is 38.3. The van der Waals surface area contributed by atoms with Crippen LogP contribution in [-0.4, -0.2) is 87.7 Å². The Bertz CT molecular complexity index is 983. The van der Waals surface area contributed by atoms with Crippen molar-refractivity contribution in [1.29, 1.82) is 0 Å². The van der Waals surface area contributed by atoms with Crippen LogP contribution < -0.4 is 5.32 Å². The highest BCUT2D eigenvalue weighted by atomic mass is 17.5. The molecule has 0 aromatic heterocycles. The van der Waals surface area contributed by atoms with Gasteiger partial charge in [0.15, 0.2) is 12.4 Å². The van der Waals surface area contributed by atoms with Gasteiger partial charge in [-0.3, -0.25) is 4.79 Å². The molecule has 1 fully saturated rings. The number of allylic oxidation sites excluding steroid dienone is 3. The number of aliphatic hydroxyl groups excluding tert-OH is 4. The molecular formula is C48H91NO10. The quantitative estimate of drug-likeness (QED) is 0.0151. The second kappa shape index (κ2) is 40.6. The highest BCUT2D eigenvalue weighted by Gasteiger charge is 2.47. The molecule has 348 valence electrons. The number of carbonyl (C=O) groups is 1. The van der Waals surface area contributed by atoms with Crippen molar-refractivity contribution in [3.8, 4) is 0 Å². The Hall–Kier alpha value is -1.41. The van der Waals surface area contributed by atoms with E-state index in [9.17, 15) is 25.2 Å². The van der Waals surface area contributed by atoms with Crippen molar-refractivity contribution < 1.29 is 49.9 Å². The zero-order valence-corrected chi connectivity index (χ0v) is 37.7. The fraction of sp³-hybridized carbons (Fsp3) is 0.896. The average molecular weight is 842 g/mol. The van der Waals surface area contributed by atoms with Crippen LogP contribution in [-0.2, 0) is 24.2 Å². The van der Waals surface area contributed by atoms with Crippen molar-refractivity contribution in [3.63, 3.8) is 0 Å². The first-order chi connectivity index (χ1) is 28.9. The SMILES string of the molecule is CCCCCCCC/C=C\CCCCCCCCCCCCCC(=O)N[C@@H](COC1OC(CO)C(O)C(OOO)C1O)[C@H](O)/C=C/CCCCCCCCCCCCC. The van der Waals surface area contributed by atoms with E-state index in [2.05, 4.69) is 41.2 Å². The number of ether oxygens (including phenoxy) is 2. The van der Waals surface area contributed by atoms with E-state index < -0.39 is 49.5 Å². The molecule has 1 saturated heterocycles. The van der Waals surface area contributed by atoms with Gasteiger partial charge in [0.05, 0.1) is 25.4 Å². The highest BCUT2D eigenvalue weighted by molar-refractivity contribution is 5.76. The number of nitrogens with one attached hydrogen (secondary N) is 1. The average Bonchev–Trinajstić information content (AvgIpc) is 3.23. The molecule has 0 aromatic carbocycles. The molecule has 11 nitrogen and oxygen atoms in total. The molecule has 5 unspecified atom stereocenters. The summed E-state index contributed by atoms with van der Waals surface area (Å²) in [6, 6.07) is -0.842. The lowest BCUT2D eigenvalue weighted by atomic mass is 9.99. The van der Waals surface area contributed by atoms with Crippen LogP contribution >= 0.6 is 0 Å². The Balaban J connectivity index is 2.37. The van der Waals surface area contributed by atoms with E-state index in [-0.39, 0.29) is 12.5 Å². The van der Waals surface area contributed by atoms with Gasteiger partial charge in [0, 0.05) is 6.42 Å². The summed E-state index contributed by atoms with van der Waals surface area (Å²) in [5.41, 5.74) is 0. The predicted octanol–water partition coefficient (Wildman–Crippen LogP) is 10.7. The van der Waals surface area contributed by atoms with Crippen LogP contribution in [0.15, 0.2) is 24.3 Å². The van der Waals surface area contributed by atoms with E-state index in [1.807, 2.05) is 6.08 Å². The van der Waals surface area contributed by atoms with Crippen molar-refractivity contribution in [1.82, 2.24) is 5.32 Å². The van der Waals surface area contributed by atoms with Crippen LogP contribution in [0.5, 0.6) is 0 Å². The van der Waals surface area contributed by atoms with E-state index in [4.69, 9.17) is 14.7 Å². The molecule has 1 aliphatic rings. The van der Waals surface area contributed by atoms with Gasteiger partial charge < -0.3 is 35.2 Å². The molecule has 0 bridgehead atoms. The van der Waals surface area contributed by atoms with Crippen molar-refractivity contribution in [3.05, 3.63) is 24.3 Å². The second-order valence-corrected chi connectivity index (χ2v) is 17.0. The number of rotatable bonds is 42. The fourth-order valence-electron chi connectivity index (χ4n) is 7.77. The molecule has 59 heavy (non-hydrogen) atoms. The normalized spacial score (nSPS) is 20.8. The lowest BCUT2D eigenvalue weighted by Crippen LogP contribution is -2.60. The first-order valence-electron chi connectivity index (χ1n) is 24.4. The minimum atomic E-state index is -1.60. The Morgan fingerprint density at radius 1 is 0.627 bits per heavy atom. The zero-order valence-electron chi connectivity index (χ0n) is 37.7. The molecule has 6 N–H and O–H groups in total. The summed E-state index contributed by atoms with van der Waals surface area (Å²) < 4.78 is 11.3. The smallest absolute Gasteiger partial charge is 0.220 e. The Labute approximate surface area is 360 Å². The van der Waals surface area contributed by atoms with Crippen molar-refractivity contribution in [2.45, 2.75) is 262 Å². The first kappa shape index (κ1) is 55.6. The molecular weight excluding hydrogens is 751 g/mol. The van der Waals surface area contributed by atoms with Crippen LogP contribution in [0.1, 0.15) is 219 Å². The molecule has 0 radical (unpaired) electrons. The third-order valence-electron chi connectivity index (χ3n) is 11.6. The van der Waals surface area contributed by atoms with Gasteiger partial charge in [0.2, 0.25) is 5.91 Å². The van der Waals surface area contributed by atoms with E-state index in [1.54, 1.807) is 6.08 Å². The van der Waals surface area contributed by atoms with Crippen molar-refractivity contribution in [2.24, 2.45) is 0 Å². The number of hydrogen-bond donors (Lipinski definition) is 6. The molecule has 0 aliphatic carbocycles. The maximum atomic E-state index is 13.0. The van der Waals surface area contributed by atoms with Gasteiger partial charge in [0.25, 0.3) is 0 Å². The van der Waals surface area contributed by atoms with Gasteiger partial charge in [-0.15, -0.1) is 0 Å². The topological polar surface area (TPSA) is 167 Å².